The number of hydrogen-bond acceptors (Lipinski definition) is 4. The van der Waals surface area contributed by atoms with Crippen molar-refractivity contribution in [1.29, 1.82) is 0 Å². The molecule has 2 rings (SSSR count). The van der Waals surface area contributed by atoms with Gasteiger partial charge >= 0.3 is 0 Å². The summed E-state index contributed by atoms with van der Waals surface area (Å²) in [5.41, 5.74) is 6.22. The third kappa shape index (κ3) is 4.01. The van der Waals surface area contributed by atoms with E-state index in [1.165, 1.54) is 0 Å². The molecule has 1 aromatic heterocycles. The Labute approximate surface area is 130 Å². The number of aromatic nitrogens is 1. The highest BCUT2D eigenvalue weighted by atomic mass is 79.9. The fourth-order valence-electron chi connectivity index (χ4n) is 1.77. The van der Waals surface area contributed by atoms with Gasteiger partial charge in [-0.05, 0) is 32.0 Å². The maximum absolute atomic E-state index is 11.9. The minimum absolute atomic E-state index is 0.0147. The van der Waals surface area contributed by atoms with Gasteiger partial charge in [0.2, 0.25) is 5.91 Å². The van der Waals surface area contributed by atoms with Crippen LogP contribution in [0.5, 0.6) is 0 Å². The van der Waals surface area contributed by atoms with E-state index in [1.54, 1.807) is 11.3 Å². The first kappa shape index (κ1) is 15.4. The lowest BCUT2D eigenvalue weighted by atomic mass is 10.1. The molecule has 1 amide bonds. The van der Waals surface area contributed by atoms with Crippen LogP contribution in [0.4, 0.5) is 0 Å². The minimum atomic E-state index is -0.352. The zero-order valence-corrected chi connectivity index (χ0v) is 14.0. The first-order valence-corrected chi connectivity index (χ1v) is 8.07. The van der Waals surface area contributed by atoms with Crippen LogP contribution in [0.1, 0.15) is 25.3 Å². The van der Waals surface area contributed by atoms with Crippen molar-refractivity contribution in [3.63, 3.8) is 0 Å². The summed E-state index contributed by atoms with van der Waals surface area (Å²) in [5.74, 6) is 0.0147. The second kappa shape index (κ2) is 6.20. The quantitative estimate of drug-likeness (QED) is 0.866. The molecule has 0 unspecified atom stereocenters. The number of carbonyl (C=O) groups excluding carboxylic acids is 1. The van der Waals surface area contributed by atoms with Crippen molar-refractivity contribution in [2.45, 2.75) is 32.2 Å². The molecular formula is C14H18BrN3OS. The fraction of sp³-hybridized carbons (Fsp3) is 0.429. The molecule has 6 heteroatoms. The normalized spacial score (nSPS) is 11.8. The van der Waals surface area contributed by atoms with E-state index in [4.69, 9.17) is 5.73 Å². The lowest BCUT2D eigenvalue weighted by Crippen LogP contribution is -2.48. The number of benzene rings is 1. The number of halogens is 1. The number of fused-ring (bicyclic) bond motifs is 1. The maximum atomic E-state index is 11.9. The summed E-state index contributed by atoms with van der Waals surface area (Å²) in [6.07, 6.45) is 1.09. The topological polar surface area (TPSA) is 68.0 Å². The molecule has 0 aliphatic heterocycles. The number of nitrogens with two attached hydrogens (primary N) is 1. The number of thiazole rings is 1. The Morgan fingerprint density at radius 1 is 1.50 bits per heavy atom. The van der Waals surface area contributed by atoms with Crippen LogP contribution in [0.2, 0.25) is 0 Å². The highest BCUT2D eigenvalue weighted by molar-refractivity contribution is 9.10. The van der Waals surface area contributed by atoms with Gasteiger partial charge in [-0.25, -0.2) is 4.98 Å². The van der Waals surface area contributed by atoms with Crippen LogP contribution in [-0.2, 0) is 11.2 Å². The predicted molar refractivity (Wildman–Crippen MR) is 86.9 cm³/mol. The monoisotopic (exact) mass is 355 g/mol. The van der Waals surface area contributed by atoms with Crippen molar-refractivity contribution in [1.82, 2.24) is 10.3 Å². The van der Waals surface area contributed by atoms with Crippen molar-refractivity contribution in [2.75, 3.05) is 6.54 Å². The Balaban J connectivity index is 1.97. The van der Waals surface area contributed by atoms with E-state index < -0.39 is 0 Å². The van der Waals surface area contributed by atoms with Crippen molar-refractivity contribution in [2.24, 2.45) is 5.73 Å². The number of carbonyl (C=O) groups is 1. The van der Waals surface area contributed by atoms with Crippen molar-refractivity contribution >= 4 is 43.4 Å². The average Bonchev–Trinajstić information content (AvgIpc) is 2.78. The van der Waals surface area contributed by atoms with Gasteiger partial charge in [0.05, 0.1) is 15.2 Å². The number of amides is 1. The number of rotatable bonds is 5. The van der Waals surface area contributed by atoms with Crippen LogP contribution in [0.25, 0.3) is 10.2 Å². The van der Waals surface area contributed by atoms with E-state index in [2.05, 4.69) is 26.2 Å². The molecule has 0 fully saturated rings. The van der Waals surface area contributed by atoms with Gasteiger partial charge in [-0.15, -0.1) is 11.3 Å². The van der Waals surface area contributed by atoms with Gasteiger partial charge in [0, 0.05) is 29.4 Å². The van der Waals surface area contributed by atoms with E-state index in [-0.39, 0.29) is 11.4 Å². The molecule has 0 saturated carbocycles. The summed E-state index contributed by atoms with van der Waals surface area (Å²) >= 11 is 5.07. The predicted octanol–water partition coefficient (Wildman–Crippen LogP) is 2.84. The second-order valence-corrected chi connectivity index (χ2v) is 7.39. The molecule has 1 heterocycles. The van der Waals surface area contributed by atoms with E-state index >= 15 is 0 Å². The molecule has 20 heavy (non-hydrogen) atoms. The molecule has 2 aromatic rings. The molecule has 4 nitrogen and oxygen atoms in total. The summed E-state index contributed by atoms with van der Waals surface area (Å²) < 4.78 is 2.16. The highest BCUT2D eigenvalue weighted by Crippen LogP contribution is 2.25. The van der Waals surface area contributed by atoms with Gasteiger partial charge in [-0.1, -0.05) is 15.9 Å². The summed E-state index contributed by atoms with van der Waals surface area (Å²) in [4.78, 5) is 16.4. The van der Waals surface area contributed by atoms with E-state index in [0.717, 1.165) is 19.7 Å². The van der Waals surface area contributed by atoms with Gasteiger partial charge in [0.15, 0.2) is 0 Å². The number of aryl methyl sites for hydroxylation is 1. The Hall–Kier alpha value is -0.980. The Morgan fingerprint density at radius 2 is 2.25 bits per heavy atom. The zero-order valence-electron chi connectivity index (χ0n) is 11.6. The molecule has 0 aliphatic carbocycles. The average molecular weight is 356 g/mol. The van der Waals surface area contributed by atoms with E-state index in [1.807, 2.05) is 32.0 Å². The SMILES string of the molecule is CC(C)(CN)NC(=O)CCc1nc2cc(Br)ccc2s1. The highest BCUT2D eigenvalue weighted by Gasteiger charge is 2.18. The van der Waals surface area contributed by atoms with Crippen LogP contribution in [0, 0.1) is 0 Å². The summed E-state index contributed by atoms with van der Waals surface area (Å²) in [7, 11) is 0. The van der Waals surface area contributed by atoms with Crippen LogP contribution in [0.15, 0.2) is 22.7 Å². The van der Waals surface area contributed by atoms with Crippen LogP contribution < -0.4 is 11.1 Å². The second-order valence-electron chi connectivity index (χ2n) is 5.36. The van der Waals surface area contributed by atoms with Gasteiger partial charge in [-0.2, -0.15) is 0 Å². The summed E-state index contributed by atoms with van der Waals surface area (Å²) in [6, 6.07) is 6.03. The van der Waals surface area contributed by atoms with Crippen molar-refractivity contribution < 1.29 is 4.79 Å². The lowest BCUT2D eigenvalue weighted by Gasteiger charge is -2.24. The van der Waals surface area contributed by atoms with Crippen molar-refractivity contribution in [3.05, 3.63) is 27.7 Å². The van der Waals surface area contributed by atoms with Gasteiger partial charge in [0.25, 0.3) is 0 Å². The van der Waals surface area contributed by atoms with Gasteiger partial charge in [0.1, 0.15) is 0 Å². The third-order valence-electron chi connectivity index (χ3n) is 2.95. The Bertz CT molecular complexity index is 624. The Morgan fingerprint density at radius 3 is 2.95 bits per heavy atom. The van der Waals surface area contributed by atoms with Gasteiger partial charge < -0.3 is 11.1 Å². The number of nitrogens with one attached hydrogen (secondary N) is 1. The smallest absolute Gasteiger partial charge is 0.220 e. The van der Waals surface area contributed by atoms with E-state index in [9.17, 15) is 4.79 Å². The molecular weight excluding hydrogens is 338 g/mol. The molecule has 0 atom stereocenters. The molecule has 0 spiro atoms. The van der Waals surface area contributed by atoms with Crippen molar-refractivity contribution in [3.8, 4) is 0 Å². The molecule has 0 aliphatic rings. The minimum Gasteiger partial charge on any atom is -0.350 e. The first-order chi connectivity index (χ1) is 9.39. The van der Waals surface area contributed by atoms with E-state index in [0.29, 0.717) is 19.4 Å². The zero-order chi connectivity index (χ0) is 14.8. The van der Waals surface area contributed by atoms with Crippen LogP contribution >= 0.6 is 27.3 Å². The first-order valence-electron chi connectivity index (χ1n) is 6.46. The third-order valence-corrected chi connectivity index (χ3v) is 4.54. The maximum Gasteiger partial charge on any atom is 0.220 e. The largest absolute Gasteiger partial charge is 0.350 e. The number of nitrogens with zero attached hydrogens (tertiary/aromatic N) is 1. The molecule has 0 radical (unpaired) electrons. The summed E-state index contributed by atoms with van der Waals surface area (Å²) in [6.45, 7) is 4.26. The summed E-state index contributed by atoms with van der Waals surface area (Å²) in [5, 5.41) is 3.91. The molecule has 108 valence electrons. The van der Waals surface area contributed by atoms with Gasteiger partial charge in [-0.3, -0.25) is 4.79 Å². The molecule has 0 saturated heterocycles. The Kier molecular flexibility index (Phi) is 4.78. The fourth-order valence-corrected chi connectivity index (χ4v) is 3.06. The standard InChI is InChI=1S/C14H18BrN3OS/c1-14(2,8-16)18-12(19)5-6-13-17-10-7-9(15)3-4-11(10)20-13/h3-4,7H,5-6,8,16H2,1-2H3,(H,18,19). The van der Waals surface area contributed by atoms with Crippen LogP contribution in [-0.4, -0.2) is 23.0 Å². The molecule has 1 aromatic carbocycles. The van der Waals surface area contributed by atoms with Crippen LogP contribution in [0.3, 0.4) is 0 Å². The number of hydrogen-bond donors (Lipinski definition) is 2. The molecule has 3 N–H and O–H groups in total. The lowest BCUT2D eigenvalue weighted by molar-refractivity contribution is -0.122. The molecule has 0 bridgehead atoms.